The summed E-state index contributed by atoms with van der Waals surface area (Å²) in [5.74, 6) is 2.90. The van der Waals surface area contributed by atoms with Crippen LogP contribution < -0.4 is 4.72 Å². The Balaban J connectivity index is 1.82. The summed E-state index contributed by atoms with van der Waals surface area (Å²) < 4.78 is 57.5. The largest absolute Gasteiger partial charge is 0.403 e. The number of benzene rings is 4. The predicted octanol–water partition coefficient (Wildman–Crippen LogP) is 5.15. The molecule has 0 heterocycles. The van der Waals surface area contributed by atoms with Crippen molar-refractivity contribution in [3.8, 4) is 0 Å². The SMILES string of the molecule is Cc1ccc(S(=O)(=O)NC(C=C=[N+](Cc2ccccc2)S(=O)(=O)c2ccc(C)cc2)c2ccccc2)cc1. The lowest BCUT2D eigenvalue weighted by atomic mass is 10.1. The first-order chi connectivity index (χ1) is 18.1. The lowest BCUT2D eigenvalue weighted by molar-refractivity contribution is -0.376. The van der Waals surface area contributed by atoms with Gasteiger partial charge in [0.25, 0.3) is 0 Å². The Kier molecular flexibility index (Phi) is 8.39. The normalized spacial score (nSPS) is 12.4. The summed E-state index contributed by atoms with van der Waals surface area (Å²) in [7, 11) is -7.89. The number of aryl methyl sites for hydroxylation is 2. The van der Waals surface area contributed by atoms with Gasteiger partial charge in [-0.1, -0.05) is 100 Å². The van der Waals surface area contributed by atoms with Gasteiger partial charge in [-0.2, -0.15) is 13.1 Å². The second kappa shape index (κ2) is 11.7. The van der Waals surface area contributed by atoms with Crippen LogP contribution in [0.3, 0.4) is 0 Å². The highest BCUT2D eigenvalue weighted by Crippen LogP contribution is 2.19. The van der Waals surface area contributed by atoms with Crippen LogP contribution in [0, 0.1) is 13.8 Å². The van der Waals surface area contributed by atoms with E-state index in [1.165, 1.54) is 18.2 Å². The fraction of sp³-hybridized carbons (Fsp3) is 0.133. The molecule has 0 aliphatic rings. The Morgan fingerprint density at radius 2 is 1.21 bits per heavy atom. The van der Waals surface area contributed by atoms with Crippen LogP contribution in [0.25, 0.3) is 0 Å². The first kappa shape index (κ1) is 27.2. The van der Waals surface area contributed by atoms with E-state index in [0.29, 0.717) is 5.56 Å². The van der Waals surface area contributed by atoms with Gasteiger partial charge in [0.2, 0.25) is 10.0 Å². The maximum absolute atomic E-state index is 13.6. The lowest BCUT2D eigenvalue weighted by Crippen LogP contribution is -2.28. The average Bonchev–Trinajstić information content (AvgIpc) is 2.91. The fourth-order valence-electron chi connectivity index (χ4n) is 3.76. The van der Waals surface area contributed by atoms with Crippen LogP contribution in [0.1, 0.15) is 28.3 Å². The molecule has 0 spiro atoms. The molecule has 0 fully saturated rings. The molecule has 0 saturated carbocycles. The van der Waals surface area contributed by atoms with Gasteiger partial charge < -0.3 is 0 Å². The molecular formula is C30H29N2O4S2+. The van der Waals surface area contributed by atoms with Crippen LogP contribution in [-0.4, -0.2) is 26.7 Å². The third-order valence-electron chi connectivity index (χ3n) is 5.94. The van der Waals surface area contributed by atoms with E-state index in [1.807, 2.05) is 50.2 Å². The van der Waals surface area contributed by atoms with Crippen molar-refractivity contribution in [3.63, 3.8) is 0 Å². The molecule has 0 aromatic heterocycles. The molecule has 1 atom stereocenters. The van der Waals surface area contributed by atoms with Crippen LogP contribution >= 0.6 is 0 Å². The Morgan fingerprint density at radius 3 is 1.76 bits per heavy atom. The minimum absolute atomic E-state index is 0.0276. The van der Waals surface area contributed by atoms with Gasteiger partial charge in [0.1, 0.15) is 4.90 Å². The quantitative estimate of drug-likeness (QED) is 0.233. The summed E-state index contributed by atoms with van der Waals surface area (Å²) in [4.78, 5) is 0.238. The van der Waals surface area contributed by atoms with Crippen molar-refractivity contribution in [3.05, 3.63) is 138 Å². The van der Waals surface area contributed by atoms with Crippen molar-refractivity contribution < 1.29 is 20.8 Å². The van der Waals surface area contributed by atoms with Gasteiger partial charge >= 0.3 is 10.0 Å². The summed E-state index contributed by atoms with van der Waals surface area (Å²) in [6, 6.07) is 30.4. The number of nitrogens with zero attached hydrogens (tertiary/aromatic N) is 1. The van der Waals surface area contributed by atoms with Crippen molar-refractivity contribution in [1.29, 1.82) is 0 Å². The summed E-state index contributed by atoms with van der Waals surface area (Å²) >= 11 is 0. The first-order valence-electron chi connectivity index (χ1n) is 12.0. The molecule has 0 aliphatic heterocycles. The molecular weight excluding hydrogens is 516 g/mol. The molecule has 0 aliphatic carbocycles. The van der Waals surface area contributed by atoms with Crippen LogP contribution in [-0.2, 0) is 26.6 Å². The lowest BCUT2D eigenvalue weighted by Gasteiger charge is -2.15. The zero-order chi connectivity index (χ0) is 27.2. The molecule has 4 rings (SSSR count). The van der Waals surface area contributed by atoms with Gasteiger partial charge in [0.15, 0.2) is 12.4 Å². The van der Waals surface area contributed by atoms with E-state index in [-0.39, 0.29) is 16.3 Å². The van der Waals surface area contributed by atoms with Crippen molar-refractivity contribution in [2.45, 2.75) is 36.2 Å². The van der Waals surface area contributed by atoms with Crippen LogP contribution in [0.15, 0.2) is 125 Å². The highest BCUT2D eigenvalue weighted by Gasteiger charge is 2.28. The van der Waals surface area contributed by atoms with Crippen molar-refractivity contribution in [1.82, 2.24) is 4.72 Å². The molecule has 0 radical (unpaired) electrons. The Labute approximate surface area is 224 Å². The summed E-state index contributed by atoms with van der Waals surface area (Å²) in [6.45, 7) is 3.79. The molecule has 0 amide bonds. The molecule has 4 aromatic rings. The standard InChI is InChI=1S/C30H29N2O4S2/c1-24-13-17-28(18-14-24)37(33,34)31-30(27-11-7-4-8-12-27)21-22-32(23-26-9-5-3-6-10-26)38(35,36)29-19-15-25(2)16-20-29/h3-21,30-31H,23H2,1-2H3/q+1. The van der Waals surface area contributed by atoms with E-state index in [1.54, 1.807) is 60.7 Å². The predicted molar refractivity (Wildman–Crippen MR) is 149 cm³/mol. The number of hydrogen-bond acceptors (Lipinski definition) is 4. The Morgan fingerprint density at radius 1 is 0.711 bits per heavy atom. The van der Waals surface area contributed by atoms with Gasteiger partial charge in [-0.3, -0.25) is 0 Å². The summed E-state index contributed by atoms with van der Waals surface area (Å²) in [5, 5.41) is 0. The van der Waals surface area contributed by atoms with E-state index in [0.717, 1.165) is 20.7 Å². The zero-order valence-electron chi connectivity index (χ0n) is 21.2. The van der Waals surface area contributed by atoms with Crippen molar-refractivity contribution >= 4 is 25.9 Å². The number of rotatable bonds is 9. The van der Waals surface area contributed by atoms with E-state index in [9.17, 15) is 16.8 Å². The van der Waals surface area contributed by atoms with Crippen LogP contribution in [0.5, 0.6) is 0 Å². The molecule has 0 bridgehead atoms. The minimum Gasteiger partial charge on any atom is -0.207 e. The van der Waals surface area contributed by atoms with Gasteiger partial charge in [0.05, 0.1) is 10.9 Å². The van der Waals surface area contributed by atoms with Crippen LogP contribution in [0.4, 0.5) is 0 Å². The first-order valence-corrected chi connectivity index (χ1v) is 14.9. The van der Waals surface area contributed by atoms with Crippen molar-refractivity contribution in [2.24, 2.45) is 0 Å². The Hall–Kier alpha value is -3.81. The molecule has 1 N–H and O–H groups in total. The van der Waals surface area contributed by atoms with E-state index in [2.05, 4.69) is 10.6 Å². The van der Waals surface area contributed by atoms with Crippen molar-refractivity contribution in [2.75, 3.05) is 0 Å². The summed E-state index contributed by atoms with van der Waals surface area (Å²) in [6.07, 6.45) is 1.44. The fourth-order valence-corrected chi connectivity index (χ4v) is 6.18. The molecule has 6 nitrogen and oxygen atoms in total. The highest BCUT2D eigenvalue weighted by molar-refractivity contribution is 7.89. The third-order valence-corrected chi connectivity index (χ3v) is 9.07. The van der Waals surface area contributed by atoms with E-state index >= 15 is 0 Å². The third kappa shape index (κ3) is 6.73. The molecule has 0 saturated heterocycles. The van der Waals surface area contributed by atoms with E-state index in [4.69, 9.17) is 0 Å². The van der Waals surface area contributed by atoms with Gasteiger partial charge in [-0.05, 0) is 43.7 Å². The van der Waals surface area contributed by atoms with Gasteiger partial charge in [0, 0.05) is 11.6 Å². The topological polar surface area (TPSA) is 83.3 Å². The Bertz CT molecular complexity index is 1660. The molecule has 8 heteroatoms. The van der Waals surface area contributed by atoms with Gasteiger partial charge in [-0.15, -0.1) is 0 Å². The second-order valence-corrected chi connectivity index (χ2v) is 12.5. The van der Waals surface area contributed by atoms with E-state index < -0.39 is 26.1 Å². The number of hydrogen-bond donors (Lipinski definition) is 1. The smallest absolute Gasteiger partial charge is 0.207 e. The second-order valence-electron chi connectivity index (χ2n) is 8.93. The molecule has 194 valence electrons. The maximum Gasteiger partial charge on any atom is 0.403 e. The summed E-state index contributed by atoms with van der Waals surface area (Å²) in [5.41, 5.74) is 3.28. The molecule has 1 unspecified atom stereocenters. The van der Waals surface area contributed by atoms with Gasteiger partial charge in [-0.25, -0.2) is 8.42 Å². The monoisotopic (exact) mass is 545 g/mol. The number of sulfonamides is 2. The molecule has 4 aromatic carbocycles. The zero-order valence-corrected chi connectivity index (χ0v) is 22.8. The molecule has 38 heavy (non-hydrogen) atoms. The minimum atomic E-state index is -3.98. The van der Waals surface area contributed by atoms with Crippen LogP contribution in [0.2, 0.25) is 0 Å². The highest BCUT2D eigenvalue weighted by atomic mass is 32.2. The maximum atomic E-state index is 13.6. The average molecular weight is 546 g/mol. The number of nitrogens with one attached hydrogen (secondary N) is 1.